The summed E-state index contributed by atoms with van der Waals surface area (Å²) in [5, 5.41) is 0. The van der Waals surface area contributed by atoms with Crippen molar-refractivity contribution < 1.29 is 28.6 Å². The highest BCUT2D eigenvalue weighted by Gasteiger charge is 2.19. The van der Waals surface area contributed by atoms with E-state index < -0.39 is 6.10 Å². The fourth-order valence-electron chi connectivity index (χ4n) is 8.39. The number of allylic oxidation sites excluding steroid dienone is 24. The van der Waals surface area contributed by atoms with E-state index in [1.54, 1.807) is 0 Å². The summed E-state index contributed by atoms with van der Waals surface area (Å²) in [7, 11) is 0. The monoisotopic (exact) mass is 1080 g/mol. The first kappa shape index (κ1) is 73.3. The highest BCUT2D eigenvalue weighted by atomic mass is 16.6. The Morgan fingerprint density at radius 3 is 0.808 bits per heavy atom. The van der Waals surface area contributed by atoms with E-state index in [-0.39, 0.29) is 37.5 Å². The Bertz CT molecular complexity index is 1710. The molecule has 0 heterocycles. The highest BCUT2D eigenvalue weighted by molar-refractivity contribution is 5.71. The molecule has 0 aliphatic carbocycles. The topological polar surface area (TPSA) is 78.9 Å². The van der Waals surface area contributed by atoms with E-state index >= 15 is 0 Å². The van der Waals surface area contributed by atoms with Crippen LogP contribution >= 0.6 is 0 Å². The number of unbranched alkanes of at least 4 members (excludes halogenated alkanes) is 21. The second-order valence-electron chi connectivity index (χ2n) is 20.6. The van der Waals surface area contributed by atoms with Gasteiger partial charge in [-0.2, -0.15) is 0 Å². The smallest absolute Gasteiger partial charge is 0.306 e. The third-order valence-corrected chi connectivity index (χ3v) is 13.1. The number of esters is 3. The summed E-state index contributed by atoms with van der Waals surface area (Å²) in [6.45, 7) is 6.34. The number of carbonyl (C=O) groups excluding carboxylic acids is 3. The lowest BCUT2D eigenvalue weighted by atomic mass is 10.0. The lowest BCUT2D eigenvalue weighted by Crippen LogP contribution is -2.30. The summed E-state index contributed by atoms with van der Waals surface area (Å²) in [5.41, 5.74) is 0. The Hall–Kier alpha value is -4.71. The SMILES string of the molecule is CC/C=C\C/C=C\C/C=C\C/C=C\C/C=C\C/C=C\CCCCCCCCCCCCCCC(=O)OCC(COC(=O)CCCCCCCCCC)OC(=O)CCCC/C=C\C/C=C\C/C=C\C/C=C\C/C=C\C/C=C\CC. The van der Waals surface area contributed by atoms with Crippen LogP contribution in [0.4, 0.5) is 0 Å². The van der Waals surface area contributed by atoms with E-state index in [0.717, 1.165) is 128 Å². The van der Waals surface area contributed by atoms with Crippen molar-refractivity contribution >= 4 is 17.9 Å². The molecule has 0 aliphatic rings. The van der Waals surface area contributed by atoms with Crippen LogP contribution < -0.4 is 0 Å². The fourth-order valence-corrected chi connectivity index (χ4v) is 8.39. The van der Waals surface area contributed by atoms with Crippen molar-refractivity contribution in [3.8, 4) is 0 Å². The van der Waals surface area contributed by atoms with Crippen molar-refractivity contribution in [1.82, 2.24) is 0 Å². The number of carbonyl (C=O) groups is 3. The van der Waals surface area contributed by atoms with E-state index in [0.29, 0.717) is 19.3 Å². The maximum atomic E-state index is 12.8. The first-order valence-electron chi connectivity index (χ1n) is 31.8. The average Bonchev–Trinajstić information content (AvgIpc) is 3.44. The van der Waals surface area contributed by atoms with E-state index in [4.69, 9.17) is 14.2 Å². The third kappa shape index (κ3) is 62.1. The second kappa shape index (κ2) is 64.8. The third-order valence-electron chi connectivity index (χ3n) is 13.1. The normalized spacial score (nSPS) is 13.1. The predicted octanol–water partition coefficient (Wildman–Crippen LogP) is 21.9. The molecule has 440 valence electrons. The standard InChI is InChI=1S/C72H116O6/c1-4-7-10-13-16-19-21-23-25-27-29-31-32-33-34-35-36-37-38-39-40-42-43-45-47-49-51-53-56-59-62-65-71(74)77-68-69(67-76-70(73)64-61-58-55-18-15-12-9-6-3)78-72(75)66-63-60-57-54-52-50-48-46-44-41-30-28-26-24-22-20-17-14-11-8-5-2/h7-8,10-11,16-17,19-20,23-26,29-31,33-34,36-37,41,46,48,52,54,69H,4-6,9,12-15,18,21-22,27-28,32,35,38-40,42-45,47,49-51,53,55-68H2,1-3H3/b10-7-,11-8-,19-16-,20-17-,25-23-,26-24-,31-29-,34-33-,37-36-,41-30-,48-46-,54-52-. The van der Waals surface area contributed by atoms with Gasteiger partial charge < -0.3 is 14.2 Å². The Morgan fingerprint density at radius 1 is 0.269 bits per heavy atom. The molecular formula is C72H116O6. The van der Waals surface area contributed by atoms with Crippen LogP contribution in [-0.2, 0) is 28.6 Å². The van der Waals surface area contributed by atoms with Crippen LogP contribution in [0.1, 0.15) is 271 Å². The first-order chi connectivity index (χ1) is 38.5. The maximum Gasteiger partial charge on any atom is 0.306 e. The summed E-state index contributed by atoms with van der Waals surface area (Å²) in [5.74, 6) is -0.950. The van der Waals surface area contributed by atoms with E-state index in [1.807, 2.05) is 0 Å². The van der Waals surface area contributed by atoms with Gasteiger partial charge in [-0.3, -0.25) is 14.4 Å². The van der Waals surface area contributed by atoms with Gasteiger partial charge in [0.05, 0.1) is 0 Å². The molecule has 0 fully saturated rings. The quantitative estimate of drug-likeness (QED) is 0.0261. The summed E-state index contributed by atoms with van der Waals surface area (Å²) >= 11 is 0. The maximum absolute atomic E-state index is 12.8. The zero-order valence-electron chi connectivity index (χ0n) is 50.4. The molecule has 0 bridgehead atoms. The van der Waals surface area contributed by atoms with Crippen LogP contribution in [0.2, 0.25) is 0 Å². The van der Waals surface area contributed by atoms with E-state index in [9.17, 15) is 14.4 Å². The average molecular weight is 1080 g/mol. The summed E-state index contributed by atoms with van der Waals surface area (Å²) in [6, 6.07) is 0. The van der Waals surface area contributed by atoms with Crippen molar-refractivity contribution in [3.63, 3.8) is 0 Å². The molecule has 0 aromatic rings. The van der Waals surface area contributed by atoms with Crippen LogP contribution in [0.3, 0.4) is 0 Å². The Kier molecular flexibility index (Phi) is 60.9. The molecule has 0 N–H and O–H groups in total. The van der Waals surface area contributed by atoms with Crippen LogP contribution in [0, 0.1) is 0 Å². The molecular weight excluding hydrogens is 961 g/mol. The van der Waals surface area contributed by atoms with Crippen molar-refractivity contribution in [1.29, 1.82) is 0 Å². The van der Waals surface area contributed by atoms with E-state index in [1.165, 1.54) is 96.3 Å². The zero-order chi connectivity index (χ0) is 56.4. The molecule has 1 unspecified atom stereocenters. The minimum absolute atomic E-state index is 0.0987. The van der Waals surface area contributed by atoms with Gasteiger partial charge in [0.2, 0.25) is 0 Å². The van der Waals surface area contributed by atoms with Crippen molar-refractivity contribution in [2.75, 3.05) is 13.2 Å². The highest BCUT2D eigenvalue weighted by Crippen LogP contribution is 2.15. The second-order valence-corrected chi connectivity index (χ2v) is 20.6. The Balaban J connectivity index is 4.24. The van der Waals surface area contributed by atoms with Crippen molar-refractivity contribution in [2.24, 2.45) is 0 Å². The largest absolute Gasteiger partial charge is 0.462 e. The van der Waals surface area contributed by atoms with Gasteiger partial charge in [0.1, 0.15) is 13.2 Å². The molecule has 6 heteroatoms. The summed E-state index contributed by atoms with van der Waals surface area (Å²) < 4.78 is 16.8. The van der Waals surface area contributed by atoms with E-state index in [2.05, 4.69) is 167 Å². The van der Waals surface area contributed by atoms with Gasteiger partial charge in [0, 0.05) is 19.3 Å². The molecule has 0 radical (unpaired) electrons. The molecule has 0 aromatic heterocycles. The number of hydrogen-bond donors (Lipinski definition) is 0. The first-order valence-corrected chi connectivity index (χ1v) is 31.8. The van der Waals surface area contributed by atoms with Crippen molar-refractivity contribution in [3.05, 3.63) is 146 Å². The number of ether oxygens (including phenoxy) is 3. The molecule has 1 atom stereocenters. The van der Waals surface area contributed by atoms with Crippen LogP contribution in [0.5, 0.6) is 0 Å². The van der Waals surface area contributed by atoms with Gasteiger partial charge in [-0.05, 0) is 122 Å². The summed E-state index contributed by atoms with van der Waals surface area (Å²) in [6.07, 6.45) is 93.0. The van der Waals surface area contributed by atoms with Crippen LogP contribution in [0.15, 0.2) is 146 Å². The minimum atomic E-state index is -0.805. The molecule has 0 amide bonds. The molecule has 0 rings (SSSR count). The van der Waals surface area contributed by atoms with Crippen molar-refractivity contribution in [2.45, 2.75) is 277 Å². The van der Waals surface area contributed by atoms with Crippen LogP contribution in [-0.4, -0.2) is 37.2 Å². The van der Waals surface area contributed by atoms with Gasteiger partial charge in [-0.25, -0.2) is 0 Å². The lowest BCUT2D eigenvalue weighted by molar-refractivity contribution is -0.167. The van der Waals surface area contributed by atoms with Gasteiger partial charge in [0.25, 0.3) is 0 Å². The molecule has 0 spiro atoms. The van der Waals surface area contributed by atoms with Crippen LogP contribution in [0.25, 0.3) is 0 Å². The molecule has 0 saturated carbocycles. The Labute approximate surface area is 480 Å². The number of rotatable bonds is 56. The fraction of sp³-hybridized carbons (Fsp3) is 0.625. The molecule has 78 heavy (non-hydrogen) atoms. The molecule has 0 aliphatic heterocycles. The van der Waals surface area contributed by atoms with Gasteiger partial charge in [0.15, 0.2) is 6.10 Å². The molecule has 0 aromatic carbocycles. The molecule has 0 saturated heterocycles. The van der Waals surface area contributed by atoms with Gasteiger partial charge in [-0.15, -0.1) is 0 Å². The number of hydrogen-bond acceptors (Lipinski definition) is 6. The Morgan fingerprint density at radius 2 is 0.500 bits per heavy atom. The minimum Gasteiger partial charge on any atom is -0.462 e. The predicted molar refractivity (Wildman–Crippen MR) is 339 cm³/mol. The summed E-state index contributed by atoms with van der Waals surface area (Å²) in [4.78, 5) is 38.1. The van der Waals surface area contributed by atoms with Gasteiger partial charge >= 0.3 is 17.9 Å². The van der Waals surface area contributed by atoms with Gasteiger partial charge in [-0.1, -0.05) is 276 Å². The molecule has 6 nitrogen and oxygen atoms in total. The zero-order valence-corrected chi connectivity index (χ0v) is 50.4. The lowest BCUT2D eigenvalue weighted by Gasteiger charge is -2.18.